The Labute approximate surface area is 186 Å². The van der Waals surface area contributed by atoms with Gasteiger partial charge in [-0.1, -0.05) is 12.1 Å². The number of rotatable bonds is 13. The first-order valence-electron chi connectivity index (χ1n) is 11.4. The third-order valence-corrected chi connectivity index (χ3v) is 5.97. The molecule has 2 atom stereocenters. The van der Waals surface area contributed by atoms with Crippen LogP contribution in [0.4, 0.5) is 0 Å². The number of quaternary nitrogens is 2. The first kappa shape index (κ1) is 23.8. The summed E-state index contributed by atoms with van der Waals surface area (Å²) in [4.78, 5) is 2.83. The number of aromatic nitrogens is 1. The Balaban J connectivity index is 1.61. The number of aliphatic hydroxyl groups is 1. The minimum atomic E-state index is -0.313. The zero-order valence-corrected chi connectivity index (χ0v) is 19.0. The van der Waals surface area contributed by atoms with E-state index in [-0.39, 0.29) is 6.10 Å². The molecule has 2 aromatic rings. The highest BCUT2D eigenvalue weighted by Crippen LogP contribution is 2.14. The maximum absolute atomic E-state index is 10.8. The molecule has 31 heavy (non-hydrogen) atoms. The first-order chi connectivity index (χ1) is 15.2. The Morgan fingerprint density at radius 2 is 2.03 bits per heavy atom. The van der Waals surface area contributed by atoms with Crippen LogP contribution in [0.1, 0.15) is 17.7 Å². The fourth-order valence-electron chi connectivity index (χ4n) is 4.32. The third kappa shape index (κ3) is 7.94. The second-order valence-corrected chi connectivity index (χ2v) is 8.43. The van der Waals surface area contributed by atoms with Gasteiger partial charge in [-0.05, 0) is 29.8 Å². The van der Waals surface area contributed by atoms with Crippen LogP contribution >= 0.6 is 0 Å². The second-order valence-electron chi connectivity index (χ2n) is 8.43. The van der Waals surface area contributed by atoms with E-state index in [0.29, 0.717) is 0 Å². The van der Waals surface area contributed by atoms with Gasteiger partial charge in [0.15, 0.2) is 6.10 Å². The summed E-state index contributed by atoms with van der Waals surface area (Å²) in [5.41, 5.74) is 2.50. The van der Waals surface area contributed by atoms with Gasteiger partial charge < -0.3 is 33.7 Å². The Hall–Kier alpha value is -1.90. The van der Waals surface area contributed by atoms with Gasteiger partial charge in [-0.3, -0.25) is 0 Å². The van der Waals surface area contributed by atoms with Gasteiger partial charge in [0.1, 0.15) is 38.5 Å². The Morgan fingerprint density at radius 1 is 1.19 bits per heavy atom. The molecule has 1 saturated heterocycles. The van der Waals surface area contributed by atoms with Crippen LogP contribution in [-0.2, 0) is 22.6 Å². The van der Waals surface area contributed by atoms with Crippen molar-refractivity contribution in [3.05, 3.63) is 53.9 Å². The summed E-state index contributed by atoms with van der Waals surface area (Å²) in [7, 11) is 3.45. The average Bonchev–Trinajstić information content (AvgIpc) is 3.21. The predicted molar refractivity (Wildman–Crippen MR) is 120 cm³/mol. The van der Waals surface area contributed by atoms with Gasteiger partial charge in [0.2, 0.25) is 0 Å². The lowest BCUT2D eigenvalue weighted by atomic mass is 10.2. The van der Waals surface area contributed by atoms with Gasteiger partial charge >= 0.3 is 0 Å². The maximum Gasteiger partial charge on any atom is 0.152 e. The van der Waals surface area contributed by atoms with Crippen LogP contribution in [0, 0.1) is 0 Å². The lowest BCUT2D eigenvalue weighted by Gasteiger charge is -2.28. The van der Waals surface area contributed by atoms with Crippen molar-refractivity contribution in [3.63, 3.8) is 0 Å². The molecule has 0 bridgehead atoms. The van der Waals surface area contributed by atoms with E-state index in [1.54, 1.807) is 14.2 Å². The average molecular weight is 434 g/mol. The fourth-order valence-corrected chi connectivity index (χ4v) is 4.32. The van der Waals surface area contributed by atoms with Crippen molar-refractivity contribution in [1.29, 1.82) is 0 Å². The van der Waals surface area contributed by atoms with Crippen molar-refractivity contribution in [2.75, 3.05) is 66.8 Å². The van der Waals surface area contributed by atoms with E-state index in [0.717, 1.165) is 77.8 Å². The normalized spacial score (nSPS) is 16.9. The number of hydrogen-bond donors (Lipinski definition) is 3. The molecule has 1 aromatic heterocycles. The van der Waals surface area contributed by atoms with Crippen LogP contribution < -0.4 is 14.5 Å². The fraction of sp³-hybridized carbons (Fsp3) is 0.583. The van der Waals surface area contributed by atoms with Crippen molar-refractivity contribution in [2.45, 2.75) is 25.6 Å². The molecule has 0 amide bonds. The largest absolute Gasteiger partial charge is 0.497 e. The van der Waals surface area contributed by atoms with Crippen molar-refractivity contribution < 1.29 is 29.1 Å². The minimum Gasteiger partial charge on any atom is -0.497 e. The van der Waals surface area contributed by atoms with Crippen molar-refractivity contribution in [1.82, 2.24) is 4.57 Å². The summed E-state index contributed by atoms with van der Waals surface area (Å²) < 4.78 is 18.4. The van der Waals surface area contributed by atoms with Gasteiger partial charge in [-0.2, -0.15) is 0 Å². The number of nitrogens with zero attached hydrogens (tertiary/aromatic N) is 1. The molecule has 1 unspecified atom stereocenters. The van der Waals surface area contributed by atoms with Gasteiger partial charge in [0.25, 0.3) is 0 Å². The number of aliphatic hydroxyl groups excluding tert-OH is 1. The number of benzene rings is 1. The van der Waals surface area contributed by atoms with Crippen LogP contribution in [0.5, 0.6) is 5.75 Å². The summed E-state index contributed by atoms with van der Waals surface area (Å²) in [6.45, 7) is 8.53. The number of hydrogen-bond acceptors (Lipinski definition) is 4. The van der Waals surface area contributed by atoms with E-state index in [1.807, 2.05) is 12.1 Å². The van der Waals surface area contributed by atoms with Gasteiger partial charge in [-0.15, -0.1) is 0 Å². The van der Waals surface area contributed by atoms with Gasteiger partial charge in [-0.25, -0.2) is 0 Å². The first-order valence-corrected chi connectivity index (χ1v) is 11.4. The molecule has 3 N–H and O–H groups in total. The molecular formula is C24H39N3O4+2. The van der Waals surface area contributed by atoms with Crippen LogP contribution in [0.2, 0.25) is 0 Å². The van der Waals surface area contributed by atoms with E-state index in [1.165, 1.54) is 21.1 Å². The van der Waals surface area contributed by atoms with E-state index in [4.69, 9.17) is 14.2 Å². The molecule has 3 rings (SSSR count). The Bertz CT molecular complexity index is 761. The summed E-state index contributed by atoms with van der Waals surface area (Å²) >= 11 is 0. The molecule has 7 heteroatoms. The standard InChI is InChI=1S/C24H37N3O4/c1-29-13-5-9-26(20-23(28)19-25-11-14-31-15-12-25)18-22-7-4-10-27(22)17-21-6-3-8-24(16-21)30-2/h3-4,6-8,10,16,23,28H,5,9,11-15,17-20H2,1-2H3/p+2/t23-/m0/s1. The molecule has 0 saturated carbocycles. The van der Waals surface area contributed by atoms with Crippen molar-refractivity contribution >= 4 is 0 Å². The van der Waals surface area contributed by atoms with E-state index >= 15 is 0 Å². The summed E-state index contributed by atoms with van der Waals surface area (Å²) in [6, 6.07) is 12.5. The zero-order chi connectivity index (χ0) is 21.9. The highest BCUT2D eigenvalue weighted by molar-refractivity contribution is 5.29. The number of ether oxygens (including phenoxy) is 3. The maximum atomic E-state index is 10.8. The molecule has 0 aliphatic carbocycles. The van der Waals surface area contributed by atoms with Crippen molar-refractivity contribution in [3.8, 4) is 5.75 Å². The number of methoxy groups -OCH3 is 2. The highest BCUT2D eigenvalue weighted by Gasteiger charge is 2.23. The molecule has 7 nitrogen and oxygen atoms in total. The van der Waals surface area contributed by atoms with E-state index in [2.05, 4.69) is 35.0 Å². The lowest BCUT2D eigenvalue weighted by Crippen LogP contribution is -3.17. The smallest absolute Gasteiger partial charge is 0.152 e. The number of nitrogens with one attached hydrogen (secondary N) is 2. The highest BCUT2D eigenvalue weighted by atomic mass is 16.5. The lowest BCUT2D eigenvalue weighted by molar-refractivity contribution is -0.935. The van der Waals surface area contributed by atoms with Gasteiger partial charge in [0.05, 0.1) is 39.2 Å². The summed E-state index contributed by atoms with van der Waals surface area (Å²) in [5, 5.41) is 10.8. The summed E-state index contributed by atoms with van der Waals surface area (Å²) in [6.07, 6.45) is 2.81. The molecule has 1 fully saturated rings. The minimum absolute atomic E-state index is 0.313. The topological polar surface area (TPSA) is 61.7 Å². The van der Waals surface area contributed by atoms with Crippen LogP contribution in [0.15, 0.2) is 42.6 Å². The molecule has 1 aliphatic heterocycles. The molecule has 172 valence electrons. The molecule has 1 aromatic carbocycles. The molecular weight excluding hydrogens is 394 g/mol. The van der Waals surface area contributed by atoms with Gasteiger partial charge in [0, 0.05) is 26.3 Å². The zero-order valence-electron chi connectivity index (χ0n) is 19.0. The third-order valence-electron chi connectivity index (χ3n) is 5.97. The quantitative estimate of drug-likeness (QED) is 0.364. The monoisotopic (exact) mass is 433 g/mol. The number of morpholine rings is 1. The predicted octanol–water partition coefficient (Wildman–Crippen LogP) is -0.758. The Kier molecular flexibility index (Phi) is 9.84. The van der Waals surface area contributed by atoms with Crippen LogP contribution in [0.25, 0.3) is 0 Å². The molecule has 2 heterocycles. The van der Waals surface area contributed by atoms with Crippen LogP contribution in [0.3, 0.4) is 0 Å². The SMILES string of the molecule is COCCC[NH+](Cc1cccn1Cc1cccc(OC)c1)C[C@@H](O)C[NH+]1CCOCC1. The Morgan fingerprint density at radius 3 is 2.81 bits per heavy atom. The van der Waals surface area contributed by atoms with Crippen molar-refractivity contribution in [2.24, 2.45) is 0 Å². The summed E-state index contributed by atoms with van der Waals surface area (Å²) in [5.74, 6) is 0.881. The van der Waals surface area contributed by atoms with E-state index < -0.39 is 0 Å². The van der Waals surface area contributed by atoms with Crippen LogP contribution in [-0.4, -0.2) is 82.5 Å². The second kappa shape index (κ2) is 12.8. The molecule has 0 radical (unpaired) electrons. The van der Waals surface area contributed by atoms with E-state index in [9.17, 15) is 5.11 Å². The molecule has 1 aliphatic rings. The molecule has 0 spiro atoms.